The monoisotopic (exact) mass is 346 g/mol. The van der Waals surface area contributed by atoms with Crippen molar-refractivity contribution in [3.8, 4) is 0 Å². The number of hydrogen-bond acceptors (Lipinski definition) is 3. The quantitative estimate of drug-likeness (QED) is 0.513. The first-order chi connectivity index (χ1) is 11.7. The molecule has 0 bridgehead atoms. The fraction of sp³-hybridized carbons (Fsp3) is 0.476. The molecule has 0 saturated carbocycles. The van der Waals surface area contributed by atoms with Gasteiger partial charge >= 0.3 is 6.16 Å². The van der Waals surface area contributed by atoms with Crippen LogP contribution in [0.4, 0.5) is 4.79 Å². The van der Waals surface area contributed by atoms with Crippen molar-refractivity contribution in [3.05, 3.63) is 58.7 Å². The molecule has 1 rings (SSSR count). The number of ether oxygens (including phenoxy) is 1. The van der Waals surface area contributed by atoms with Crippen LogP contribution in [0.15, 0.2) is 58.7 Å². The molecule has 4 nitrogen and oxygen atoms in total. The lowest BCUT2D eigenvalue weighted by Gasteiger charge is -2.37. The first-order valence-corrected chi connectivity index (χ1v) is 8.56. The zero-order valence-electron chi connectivity index (χ0n) is 15.9. The summed E-state index contributed by atoms with van der Waals surface area (Å²) in [5.74, 6) is 0. The predicted molar refractivity (Wildman–Crippen MR) is 101 cm³/mol. The topological polar surface area (TPSA) is 66.8 Å². The van der Waals surface area contributed by atoms with Gasteiger partial charge in [0.2, 0.25) is 0 Å². The second-order valence-corrected chi connectivity index (χ2v) is 7.23. The molecular formula is C21H30O4. The van der Waals surface area contributed by atoms with Crippen LogP contribution >= 0.6 is 0 Å². The van der Waals surface area contributed by atoms with Gasteiger partial charge < -0.3 is 14.9 Å². The van der Waals surface area contributed by atoms with Crippen molar-refractivity contribution in [3.63, 3.8) is 0 Å². The molecule has 1 atom stereocenters. The molecule has 0 amide bonds. The number of hydrogen-bond donors (Lipinski definition) is 2. The minimum Gasteiger partial charge on any atom is -0.450 e. The minimum atomic E-state index is -1.20. The largest absolute Gasteiger partial charge is 0.506 e. The van der Waals surface area contributed by atoms with Gasteiger partial charge in [0, 0.05) is 6.42 Å². The van der Waals surface area contributed by atoms with Crippen molar-refractivity contribution < 1.29 is 19.7 Å². The summed E-state index contributed by atoms with van der Waals surface area (Å²) in [5.41, 5.74) is 4.42. The van der Waals surface area contributed by atoms with Crippen molar-refractivity contribution >= 4 is 6.16 Å². The summed E-state index contributed by atoms with van der Waals surface area (Å²) in [4.78, 5) is 10.8. The second kappa shape index (κ2) is 9.42. The maximum absolute atomic E-state index is 10.8. The van der Waals surface area contributed by atoms with E-state index in [1.807, 2.05) is 39.0 Å². The van der Waals surface area contributed by atoms with E-state index in [4.69, 9.17) is 14.9 Å². The van der Waals surface area contributed by atoms with Crippen LogP contribution in [0.25, 0.3) is 0 Å². The fourth-order valence-electron chi connectivity index (χ4n) is 3.21. The highest BCUT2D eigenvalue weighted by molar-refractivity contribution is 5.57. The Morgan fingerprint density at radius 1 is 1.28 bits per heavy atom. The van der Waals surface area contributed by atoms with E-state index < -0.39 is 6.16 Å². The third-order valence-corrected chi connectivity index (χ3v) is 4.37. The van der Waals surface area contributed by atoms with Gasteiger partial charge in [-0.1, -0.05) is 67.0 Å². The molecule has 0 radical (unpaired) electrons. The average Bonchev–Trinajstić information content (AvgIpc) is 2.44. The first-order valence-electron chi connectivity index (χ1n) is 8.56. The maximum atomic E-state index is 10.8. The van der Waals surface area contributed by atoms with Crippen molar-refractivity contribution in [1.82, 2.24) is 0 Å². The predicted octanol–water partition coefficient (Wildman–Crippen LogP) is 5.18. The lowest BCUT2D eigenvalue weighted by atomic mass is 9.71. The zero-order chi connectivity index (χ0) is 19.0. The van der Waals surface area contributed by atoms with Crippen molar-refractivity contribution in [2.45, 2.75) is 53.6 Å². The van der Waals surface area contributed by atoms with E-state index in [-0.39, 0.29) is 18.1 Å². The van der Waals surface area contributed by atoms with Gasteiger partial charge in [0.15, 0.2) is 0 Å². The highest BCUT2D eigenvalue weighted by Gasteiger charge is 2.34. The summed E-state index contributed by atoms with van der Waals surface area (Å²) < 4.78 is 4.98. The van der Waals surface area contributed by atoms with E-state index in [0.29, 0.717) is 12.8 Å². The van der Waals surface area contributed by atoms with E-state index in [9.17, 15) is 4.79 Å². The Kier molecular flexibility index (Phi) is 7.91. The first kappa shape index (κ1) is 21.0. The SMILES string of the molecule is CC1=C(/C=C/C(C)=C/C=C/C(C)=C/CO)C(C)(C)C[C@H](OC(=O)O)C1. The van der Waals surface area contributed by atoms with Gasteiger partial charge in [-0.15, -0.1) is 0 Å². The van der Waals surface area contributed by atoms with Gasteiger partial charge in [-0.2, -0.15) is 0 Å². The van der Waals surface area contributed by atoms with E-state index >= 15 is 0 Å². The molecule has 0 saturated heterocycles. The normalized spacial score (nSPS) is 22.1. The number of carbonyl (C=O) groups is 1. The molecule has 0 spiro atoms. The lowest BCUT2D eigenvalue weighted by molar-refractivity contribution is 0.0320. The summed E-state index contributed by atoms with van der Waals surface area (Å²) in [6.45, 7) is 10.3. The smallest absolute Gasteiger partial charge is 0.450 e. The zero-order valence-corrected chi connectivity index (χ0v) is 15.9. The van der Waals surface area contributed by atoms with Gasteiger partial charge in [0.25, 0.3) is 0 Å². The Labute approximate surface area is 150 Å². The van der Waals surface area contributed by atoms with Crippen LogP contribution in [0, 0.1) is 5.41 Å². The van der Waals surface area contributed by atoms with Crippen LogP contribution in [0.1, 0.15) is 47.5 Å². The molecule has 4 heteroatoms. The van der Waals surface area contributed by atoms with Crippen LogP contribution in [0.2, 0.25) is 0 Å². The Hall–Kier alpha value is -2.07. The fourth-order valence-corrected chi connectivity index (χ4v) is 3.21. The highest BCUT2D eigenvalue weighted by atomic mass is 16.7. The molecule has 0 heterocycles. The molecule has 0 aromatic carbocycles. The number of rotatable bonds is 6. The summed E-state index contributed by atoms with van der Waals surface area (Å²) >= 11 is 0. The molecule has 1 aliphatic carbocycles. The maximum Gasteiger partial charge on any atom is 0.506 e. The van der Waals surface area contributed by atoms with Gasteiger partial charge in [0.1, 0.15) is 6.10 Å². The Morgan fingerprint density at radius 2 is 1.96 bits per heavy atom. The summed E-state index contributed by atoms with van der Waals surface area (Å²) in [6, 6.07) is 0. The molecule has 0 fully saturated rings. The minimum absolute atomic E-state index is 0.0495. The molecule has 0 unspecified atom stereocenters. The average molecular weight is 346 g/mol. The number of aliphatic hydroxyl groups is 1. The highest BCUT2D eigenvalue weighted by Crippen LogP contribution is 2.42. The van der Waals surface area contributed by atoms with Crippen LogP contribution < -0.4 is 0 Å². The van der Waals surface area contributed by atoms with E-state index in [1.54, 1.807) is 6.08 Å². The third kappa shape index (κ3) is 7.14. The molecule has 0 aliphatic heterocycles. The van der Waals surface area contributed by atoms with E-state index in [2.05, 4.69) is 26.0 Å². The second-order valence-electron chi connectivity index (χ2n) is 7.23. The standard InChI is InChI=1S/C21H30O4/c1-15(7-6-8-16(2)11-12-22)9-10-19-17(3)13-18(25-20(23)24)14-21(19,4)5/h6-11,18,22H,12-14H2,1-5H3,(H,23,24)/b8-6+,10-9+,15-7+,16-11+/t18-/m1/s1. The van der Waals surface area contributed by atoms with Gasteiger partial charge in [-0.3, -0.25) is 0 Å². The van der Waals surface area contributed by atoms with Crippen LogP contribution in [-0.4, -0.2) is 29.1 Å². The summed E-state index contributed by atoms with van der Waals surface area (Å²) in [7, 11) is 0. The Balaban J connectivity index is 2.87. The van der Waals surface area contributed by atoms with Crippen LogP contribution in [0.5, 0.6) is 0 Å². The van der Waals surface area contributed by atoms with E-state index in [1.165, 1.54) is 11.1 Å². The molecule has 25 heavy (non-hydrogen) atoms. The molecular weight excluding hydrogens is 316 g/mol. The van der Waals surface area contributed by atoms with Crippen LogP contribution in [-0.2, 0) is 4.74 Å². The molecule has 1 aliphatic rings. The summed E-state index contributed by atoms with van der Waals surface area (Å²) in [5, 5.41) is 17.7. The Bertz CT molecular complexity index is 630. The third-order valence-electron chi connectivity index (χ3n) is 4.37. The van der Waals surface area contributed by atoms with E-state index in [0.717, 1.165) is 11.1 Å². The van der Waals surface area contributed by atoms with Crippen molar-refractivity contribution in [2.75, 3.05) is 6.61 Å². The van der Waals surface area contributed by atoms with Crippen molar-refractivity contribution in [2.24, 2.45) is 5.41 Å². The number of aliphatic hydroxyl groups excluding tert-OH is 1. The van der Waals surface area contributed by atoms with Gasteiger partial charge in [-0.25, -0.2) is 4.79 Å². The number of allylic oxidation sites excluding steroid dienone is 8. The lowest BCUT2D eigenvalue weighted by Crippen LogP contribution is -2.31. The Morgan fingerprint density at radius 3 is 2.52 bits per heavy atom. The van der Waals surface area contributed by atoms with Crippen molar-refractivity contribution in [1.29, 1.82) is 0 Å². The van der Waals surface area contributed by atoms with Crippen LogP contribution in [0.3, 0.4) is 0 Å². The van der Waals surface area contributed by atoms with Gasteiger partial charge in [-0.05, 0) is 38.2 Å². The molecule has 0 aromatic rings. The number of carboxylic acid groups (broad SMARTS) is 1. The molecule has 138 valence electrons. The summed E-state index contributed by atoms with van der Waals surface area (Å²) in [6.07, 6.45) is 11.7. The molecule has 0 aromatic heterocycles. The van der Waals surface area contributed by atoms with Gasteiger partial charge in [0.05, 0.1) is 6.61 Å². The molecule has 2 N–H and O–H groups in total.